The molecule has 0 radical (unpaired) electrons. The monoisotopic (exact) mass is 215 g/mol. The average molecular weight is 215 g/mol. The standard InChI is InChI=1S/C12H25NO2/c1-11(9-14)8-13-10-12(15)6-4-2-3-5-7-12/h11,13-15H,2-10H2,1H3. The Morgan fingerprint density at radius 3 is 2.33 bits per heavy atom. The van der Waals surface area contributed by atoms with Crippen molar-refractivity contribution < 1.29 is 10.2 Å². The molecule has 0 aliphatic heterocycles. The summed E-state index contributed by atoms with van der Waals surface area (Å²) in [6.45, 7) is 3.69. The Kier molecular flexibility index (Phi) is 5.58. The van der Waals surface area contributed by atoms with Gasteiger partial charge in [-0.3, -0.25) is 0 Å². The lowest BCUT2D eigenvalue weighted by Gasteiger charge is -2.27. The minimum atomic E-state index is -0.494. The van der Waals surface area contributed by atoms with Gasteiger partial charge in [-0.2, -0.15) is 0 Å². The van der Waals surface area contributed by atoms with Gasteiger partial charge in [0.15, 0.2) is 0 Å². The third-order valence-electron chi connectivity index (χ3n) is 3.29. The van der Waals surface area contributed by atoms with Gasteiger partial charge in [0.25, 0.3) is 0 Å². The number of nitrogens with one attached hydrogen (secondary N) is 1. The quantitative estimate of drug-likeness (QED) is 0.606. The molecule has 0 bridgehead atoms. The van der Waals surface area contributed by atoms with Crippen LogP contribution in [0.4, 0.5) is 0 Å². The summed E-state index contributed by atoms with van der Waals surface area (Å²) in [5.41, 5.74) is -0.494. The average Bonchev–Trinajstić information content (AvgIpc) is 2.43. The Labute approximate surface area is 92.9 Å². The van der Waals surface area contributed by atoms with Gasteiger partial charge in [-0.15, -0.1) is 0 Å². The van der Waals surface area contributed by atoms with Crippen LogP contribution in [0, 0.1) is 5.92 Å². The molecular formula is C12H25NO2. The molecule has 0 aromatic heterocycles. The largest absolute Gasteiger partial charge is 0.396 e. The molecule has 15 heavy (non-hydrogen) atoms. The first-order chi connectivity index (χ1) is 7.16. The molecule has 3 nitrogen and oxygen atoms in total. The summed E-state index contributed by atoms with van der Waals surface area (Å²) in [6.07, 6.45) is 6.66. The van der Waals surface area contributed by atoms with Crippen LogP contribution >= 0.6 is 0 Å². The molecule has 90 valence electrons. The highest BCUT2D eigenvalue weighted by molar-refractivity contribution is 4.83. The highest BCUT2D eigenvalue weighted by Crippen LogP contribution is 2.26. The zero-order valence-electron chi connectivity index (χ0n) is 9.84. The second-order valence-corrected chi connectivity index (χ2v) is 5.06. The van der Waals surface area contributed by atoms with E-state index >= 15 is 0 Å². The Balaban J connectivity index is 2.22. The van der Waals surface area contributed by atoms with Crippen LogP contribution in [0.2, 0.25) is 0 Å². The number of aliphatic hydroxyl groups excluding tert-OH is 1. The topological polar surface area (TPSA) is 52.5 Å². The molecule has 0 heterocycles. The molecule has 0 amide bonds. The second-order valence-electron chi connectivity index (χ2n) is 5.06. The Morgan fingerprint density at radius 1 is 1.20 bits per heavy atom. The SMILES string of the molecule is CC(CO)CNCC1(O)CCCCCC1. The molecule has 1 saturated carbocycles. The predicted octanol–water partition coefficient (Wildman–Crippen LogP) is 1.29. The van der Waals surface area contributed by atoms with Gasteiger partial charge in [0.05, 0.1) is 5.60 Å². The first-order valence-corrected chi connectivity index (χ1v) is 6.20. The lowest BCUT2D eigenvalue weighted by atomic mass is 9.94. The van der Waals surface area contributed by atoms with Crippen LogP contribution in [0.1, 0.15) is 45.4 Å². The van der Waals surface area contributed by atoms with Crippen molar-refractivity contribution in [2.45, 2.75) is 51.0 Å². The molecule has 1 aliphatic rings. The van der Waals surface area contributed by atoms with Crippen molar-refractivity contribution in [3.05, 3.63) is 0 Å². The fraction of sp³-hybridized carbons (Fsp3) is 1.00. The first kappa shape index (κ1) is 12.9. The molecule has 1 aliphatic carbocycles. The second kappa shape index (κ2) is 6.46. The summed E-state index contributed by atoms with van der Waals surface area (Å²) in [6, 6.07) is 0. The molecule has 0 aromatic rings. The van der Waals surface area contributed by atoms with Crippen LogP contribution in [-0.2, 0) is 0 Å². The first-order valence-electron chi connectivity index (χ1n) is 6.20. The molecular weight excluding hydrogens is 190 g/mol. The van der Waals surface area contributed by atoms with E-state index in [1.807, 2.05) is 6.92 Å². The molecule has 0 aromatic carbocycles. The van der Waals surface area contributed by atoms with Crippen molar-refractivity contribution in [3.8, 4) is 0 Å². The van der Waals surface area contributed by atoms with E-state index in [0.717, 1.165) is 32.2 Å². The highest BCUT2D eigenvalue weighted by atomic mass is 16.3. The predicted molar refractivity (Wildman–Crippen MR) is 61.8 cm³/mol. The molecule has 1 rings (SSSR count). The van der Waals surface area contributed by atoms with Gasteiger partial charge in [0.1, 0.15) is 0 Å². The van der Waals surface area contributed by atoms with Gasteiger partial charge in [-0.1, -0.05) is 32.6 Å². The van der Waals surface area contributed by atoms with Crippen LogP contribution < -0.4 is 5.32 Å². The molecule has 3 heteroatoms. The smallest absolute Gasteiger partial charge is 0.0771 e. The van der Waals surface area contributed by atoms with Crippen molar-refractivity contribution >= 4 is 0 Å². The van der Waals surface area contributed by atoms with Crippen molar-refractivity contribution in [3.63, 3.8) is 0 Å². The van der Waals surface area contributed by atoms with Crippen LogP contribution in [0.3, 0.4) is 0 Å². The van der Waals surface area contributed by atoms with E-state index in [4.69, 9.17) is 5.11 Å². The summed E-state index contributed by atoms with van der Waals surface area (Å²) < 4.78 is 0. The zero-order chi connectivity index (χ0) is 11.1. The fourth-order valence-corrected chi connectivity index (χ4v) is 2.18. The lowest BCUT2D eigenvalue weighted by Crippen LogP contribution is -2.41. The molecule has 1 atom stereocenters. The number of hydrogen-bond donors (Lipinski definition) is 3. The lowest BCUT2D eigenvalue weighted by molar-refractivity contribution is 0.0241. The van der Waals surface area contributed by atoms with E-state index in [9.17, 15) is 5.11 Å². The number of aliphatic hydroxyl groups is 2. The zero-order valence-corrected chi connectivity index (χ0v) is 9.84. The maximum atomic E-state index is 10.3. The highest BCUT2D eigenvalue weighted by Gasteiger charge is 2.27. The fourth-order valence-electron chi connectivity index (χ4n) is 2.18. The third-order valence-corrected chi connectivity index (χ3v) is 3.29. The maximum Gasteiger partial charge on any atom is 0.0771 e. The van der Waals surface area contributed by atoms with Crippen LogP contribution in [0.25, 0.3) is 0 Å². The van der Waals surface area contributed by atoms with E-state index in [-0.39, 0.29) is 12.5 Å². The van der Waals surface area contributed by atoms with Gasteiger partial charge in [0, 0.05) is 13.2 Å². The van der Waals surface area contributed by atoms with E-state index in [1.165, 1.54) is 12.8 Å². The third kappa shape index (κ3) is 4.96. The van der Waals surface area contributed by atoms with Crippen molar-refractivity contribution in [2.24, 2.45) is 5.92 Å². The van der Waals surface area contributed by atoms with E-state index in [2.05, 4.69) is 5.32 Å². The summed E-state index contributed by atoms with van der Waals surface area (Å²) in [4.78, 5) is 0. The molecule has 1 fully saturated rings. The van der Waals surface area contributed by atoms with E-state index < -0.39 is 5.60 Å². The molecule has 0 saturated heterocycles. The Morgan fingerprint density at radius 2 is 1.80 bits per heavy atom. The van der Waals surface area contributed by atoms with Crippen molar-refractivity contribution in [2.75, 3.05) is 19.7 Å². The van der Waals surface area contributed by atoms with Crippen molar-refractivity contribution in [1.82, 2.24) is 5.32 Å². The molecule has 3 N–H and O–H groups in total. The summed E-state index contributed by atoms with van der Waals surface area (Å²) in [5.74, 6) is 0.277. The Hall–Kier alpha value is -0.120. The number of rotatable bonds is 5. The van der Waals surface area contributed by atoms with E-state index in [0.29, 0.717) is 6.54 Å². The van der Waals surface area contributed by atoms with Crippen molar-refractivity contribution in [1.29, 1.82) is 0 Å². The Bertz CT molecular complexity index is 165. The van der Waals surface area contributed by atoms with Gasteiger partial charge < -0.3 is 15.5 Å². The van der Waals surface area contributed by atoms with Crippen LogP contribution in [0.15, 0.2) is 0 Å². The van der Waals surface area contributed by atoms with Gasteiger partial charge >= 0.3 is 0 Å². The minimum Gasteiger partial charge on any atom is -0.396 e. The summed E-state index contributed by atoms with van der Waals surface area (Å²) >= 11 is 0. The van der Waals surface area contributed by atoms with E-state index in [1.54, 1.807) is 0 Å². The van der Waals surface area contributed by atoms with Crippen LogP contribution in [0.5, 0.6) is 0 Å². The molecule has 0 spiro atoms. The van der Waals surface area contributed by atoms with Gasteiger partial charge in [-0.25, -0.2) is 0 Å². The van der Waals surface area contributed by atoms with Crippen LogP contribution in [-0.4, -0.2) is 35.5 Å². The summed E-state index contributed by atoms with van der Waals surface area (Å²) in [7, 11) is 0. The molecule has 1 unspecified atom stereocenters. The number of hydrogen-bond acceptors (Lipinski definition) is 3. The summed E-state index contributed by atoms with van der Waals surface area (Å²) in [5, 5.41) is 22.5. The minimum absolute atomic E-state index is 0.214. The van der Waals surface area contributed by atoms with Gasteiger partial charge in [0.2, 0.25) is 0 Å². The van der Waals surface area contributed by atoms with Gasteiger partial charge in [-0.05, 0) is 25.3 Å². The normalized spacial score (nSPS) is 23.4. The maximum absolute atomic E-state index is 10.3.